The van der Waals surface area contributed by atoms with Crippen LogP contribution in [0.5, 0.6) is 11.5 Å². The highest BCUT2D eigenvalue weighted by molar-refractivity contribution is 7.89. The molecule has 0 aliphatic heterocycles. The van der Waals surface area contributed by atoms with Crippen LogP contribution >= 0.6 is 0 Å². The van der Waals surface area contributed by atoms with E-state index in [1.54, 1.807) is 30.3 Å². The van der Waals surface area contributed by atoms with Gasteiger partial charge in [-0.2, -0.15) is 0 Å². The maximum Gasteiger partial charge on any atom is 0.240 e. The number of methoxy groups -OCH3 is 2. The van der Waals surface area contributed by atoms with Gasteiger partial charge in [0, 0.05) is 17.8 Å². The normalized spacial score (nSPS) is 11.2. The van der Waals surface area contributed by atoms with Gasteiger partial charge in [-0.15, -0.1) is 0 Å². The highest BCUT2D eigenvalue weighted by atomic mass is 32.2. The molecule has 118 valence electrons. The van der Waals surface area contributed by atoms with Crippen molar-refractivity contribution in [3.63, 3.8) is 0 Å². The first-order valence-corrected chi connectivity index (χ1v) is 8.01. The number of rotatable bonds is 6. The van der Waals surface area contributed by atoms with Crippen molar-refractivity contribution < 1.29 is 17.9 Å². The monoisotopic (exact) mass is 322 g/mol. The van der Waals surface area contributed by atoms with E-state index in [1.165, 1.54) is 26.4 Å². The smallest absolute Gasteiger partial charge is 0.240 e. The second-order valence-corrected chi connectivity index (χ2v) is 6.32. The summed E-state index contributed by atoms with van der Waals surface area (Å²) in [5.41, 5.74) is 6.68. The van der Waals surface area contributed by atoms with Crippen molar-refractivity contribution in [2.75, 3.05) is 20.0 Å². The Morgan fingerprint density at radius 1 is 1.09 bits per heavy atom. The van der Waals surface area contributed by atoms with Crippen LogP contribution in [0.1, 0.15) is 5.56 Å². The number of nitrogens with two attached hydrogens (primary N) is 1. The van der Waals surface area contributed by atoms with Gasteiger partial charge in [0.1, 0.15) is 0 Å². The first kappa shape index (κ1) is 16.1. The summed E-state index contributed by atoms with van der Waals surface area (Å²) in [5.74, 6) is 1.04. The molecule has 0 aliphatic carbocycles. The average Bonchev–Trinajstić information content (AvgIpc) is 2.52. The van der Waals surface area contributed by atoms with Crippen molar-refractivity contribution in [1.29, 1.82) is 0 Å². The molecule has 6 nitrogen and oxygen atoms in total. The number of hydrogen-bond acceptors (Lipinski definition) is 5. The van der Waals surface area contributed by atoms with Gasteiger partial charge in [0.15, 0.2) is 11.5 Å². The third-order valence-electron chi connectivity index (χ3n) is 3.11. The van der Waals surface area contributed by atoms with Crippen LogP contribution in [0.15, 0.2) is 47.4 Å². The quantitative estimate of drug-likeness (QED) is 0.791. The maximum atomic E-state index is 12.3. The van der Waals surface area contributed by atoms with E-state index in [0.29, 0.717) is 22.7 Å². The number of anilines is 1. The van der Waals surface area contributed by atoms with Gasteiger partial charge >= 0.3 is 0 Å². The molecule has 2 rings (SSSR count). The Labute approximate surface area is 129 Å². The fourth-order valence-electron chi connectivity index (χ4n) is 2.03. The molecule has 0 bridgehead atoms. The number of hydrogen-bond donors (Lipinski definition) is 2. The van der Waals surface area contributed by atoms with Crippen LogP contribution in [-0.4, -0.2) is 22.6 Å². The van der Waals surface area contributed by atoms with E-state index in [2.05, 4.69) is 4.72 Å². The van der Waals surface area contributed by atoms with Crippen molar-refractivity contribution in [1.82, 2.24) is 4.72 Å². The summed E-state index contributed by atoms with van der Waals surface area (Å²) >= 11 is 0. The SMILES string of the molecule is COc1cccc(CNS(=O)(=O)c2cccc(N)c2)c1OC. The summed E-state index contributed by atoms with van der Waals surface area (Å²) in [4.78, 5) is 0.120. The van der Waals surface area contributed by atoms with Crippen LogP contribution in [0.4, 0.5) is 5.69 Å². The van der Waals surface area contributed by atoms with E-state index in [-0.39, 0.29) is 11.4 Å². The highest BCUT2D eigenvalue weighted by Crippen LogP contribution is 2.30. The van der Waals surface area contributed by atoms with Gasteiger partial charge in [-0.05, 0) is 24.3 Å². The lowest BCUT2D eigenvalue weighted by molar-refractivity contribution is 0.351. The summed E-state index contributed by atoms with van der Waals surface area (Å²) in [6.45, 7) is 0.0809. The lowest BCUT2D eigenvalue weighted by Crippen LogP contribution is -2.23. The molecule has 3 N–H and O–H groups in total. The van der Waals surface area contributed by atoms with Gasteiger partial charge in [-0.25, -0.2) is 13.1 Å². The van der Waals surface area contributed by atoms with Gasteiger partial charge < -0.3 is 15.2 Å². The molecule has 0 aliphatic rings. The van der Waals surface area contributed by atoms with Gasteiger partial charge in [0.25, 0.3) is 0 Å². The molecule has 0 heterocycles. The van der Waals surface area contributed by atoms with Crippen LogP contribution in [0.2, 0.25) is 0 Å². The number of para-hydroxylation sites is 1. The topological polar surface area (TPSA) is 90.7 Å². The van der Waals surface area contributed by atoms with E-state index in [1.807, 2.05) is 0 Å². The van der Waals surface area contributed by atoms with Crippen LogP contribution in [0.25, 0.3) is 0 Å². The zero-order valence-electron chi connectivity index (χ0n) is 12.4. The Morgan fingerprint density at radius 3 is 2.45 bits per heavy atom. The minimum Gasteiger partial charge on any atom is -0.493 e. The second kappa shape index (κ2) is 6.67. The van der Waals surface area contributed by atoms with E-state index >= 15 is 0 Å². The summed E-state index contributed by atoms with van der Waals surface area (Å²) in [5, 5.41) is 0. The largest absolute Gasteiger partial charge is 0.493 e. The predicted octanol–water partition coefficient (Wildman–Crippen LogP) is 1.76. The fourth-order valence-corrected chi connectivity index (χ4v) is 3.09. The molecule has 2 aromatic carbocycles. The third-order valence-corrected chi connectivity index (χ3v) is 4.50. The third kappa shape index (κ3) is 3.49. The second-order valence-electron chi connectivity index (χ2n) is 4.55. The van der Waals surface area contributed by atoms with Crippen LogP contribution in [0, 0.1) is 0 Å². The molecule has 0 saturated heterocycles. The Balaban J connectivity index is 2.23. The minimum absolute atomic E-state index is 0.0809. The molecule has 0 saturated carbocycles. The summed E-state index contributed by atoms with van der Waals surface area (Å²) < 4.78 is 37.5. The molecule has 0 atom stereocenters. The Kier molecular flexibility index (Phi) is 4.89. The molecule has 7 heteroatoms. The Hall–Kier alpha value is -2.25. The summed E-state index contributed by atoms with van der Waals surface area (Å²) in [6.07, 6.45) is 0. The molecule has 0 spiro atoms. The van der Waals surface area contributed by atoms with Crippen molar-refractivity contribution >= 4 is 15.7 Å². The van der Waals surface area contributed by atoms with Crippen molar-refractivity contribution in [3.8, 4) is 11.5 Å². The van der Waals surface area contributed by atoms with E-state index in [0.717, 1.165) is 0 Å². The van der Waals surface area contributed by atoms with E-state index in [9.17, 15) is 8.42 Å². The zero-order valence-corrected chi connectivity index (χ0v) is 13.2. The standard InChI is InChI=1S/C15H18N2O4S/c1-20-14-8-3-5-11(15(14)21-2)10-17-22(18,19)13-7-4-6-12(16)9-13/h3-9,17H,10,16H2,1-2H3. The fraction of sp³-hybridized carbons (Fsp3) is 0.200. The first-order valence-electron chi connectivity index (χ1n) is 6.53. The van der Waals surface area contributed by atoms with Gasteiger partial charge in [-0.1, -0.05) is 18.2 Å². The first-order chi connectivity index (χ1) is 10.5. The number of benzene rings is 2. The molecule has 0 radical (unpaired) electrons. The lowest BCUT2D eigenvalue weighted by atomic mass is 10.2. The van der Waals surface area contributed by atoms with Gasteiger partial charge in [0.2, 0.25) is 10.0 Å². The van der Waals surface area contributed by atoms with Crippen LogP contribution in [0.3, 0.4) is 0 Å². The number of nitrogens with one attached hydrogen (secondary N) is 1. The Bertz CT molecular complexity index is 760. The molecular weight excluding hydrogens is 304 g/mol. The molecule has 22 heavy (non-hydrogen) atoms. The van der Waals surface area contributed by atoms with Gasteiger partial charge in [0.05, 0.1) is 19.1 Å². The molecule has 2 aromatic rings. The lowest BCUT2D eigenvalue weighted by Gasteiger charge is -2.13. The van der Waals surface area contributed by atoms with Crippen molar-refractivity contribution in [2.24, 2.45) is 0 Å². The Morgan fingerprint density at radius 2 is 1.82 bits per heavy atom. The van der Waals surface area contributed by atoms with Crippen molar-refractivity contribution in [2.45, 2.75) is 11.4 Å². The number of nitrogen functional groups attached to an aromatic ring is 1. The van der Waals surface area contributed by atoms with Crippen LogP contribution in [-0.2, 0) is 16.6 Å². The molecule has 0 amide bonds. The molecule has 0 aromatic heterocycles. The van der Waals surface area contributed by atoms with Crippen LogP contribution < -0.4 is 19.9 Å². The number of ether oxygens (including phenoxy) is 2. The highest BCUT2D eigenvalue weighted by Gasteiger charge is 2.16. The molecular formula is C15H18N2O4S. The summed E-state index contributed by atoms with van der Waals surface area (Å²) in [7, 11) is -0.618. The predicted molar refractivity (Wildman–Crippen MR) is 84.4 cm³/mol. The van der Waals surface area contributed by atoms with Gasteiger partial charge in [-0.3, -0.25) is 0 Å². The number of sulfonamides is 1. The molecule has 0 unspecified atom stereocenters. The van der Waals surface area contributed by atoms with Crippen molar-refractivity contribution in [3.05, 3.63) is 48.0 Å². The average molecular weight is 322 g/mol. The summed E-state index contributed by atoms with van der Waals surface area (Å²) in [6, 6.07) is 11.4. The minimum atomic E-state index is -3.65. The molecule has 0 fully saturated rings. The maximum absolute atomic E-state index is 12.3. The zero-order chi connectivity index (χ0) is 16.2. The van der Waals surface area contributed by atoms with E-state index < -0.39 is 10.0 Å². The van der Waals surface area contributed by atoms with E-state index in [4.69, 9.17) is 15.2 Å².